The van der Waals surface area contributed by atoms with Crippen LogP contribution in [0.4, 0.5) is 0 Å². The first kappa shape index (κ1) is 20.9. The molecule has 0 radical (unpaired) electrons. The first-order chi connectivity index (χ1) is 10.7. The van der Waals surface area contributed by atoms with Crippen LogP contribution in [0, 0.1) is 10.8 Å². The largest absolute Gasteiger partial charge is 0.356 e. The van der Waals surface area contributed by atoms with Crippen LogP contribution < -0.4 is 5.32 Å². The van der Waals surface area contributed by atoms with Crippen LogP contribution in [0.3, 0.4) is 0 Å². The van der Waals surface area contributed by atoms with Gasteiger partial charge in [-0.1, -0.05) is 46.1 Å². The van der Waals surface area contributed by atoms with E-state index < -0.39 is 5.72 Å². The molecule has 3 nitrogen and oxygen atoms in total. The molecule has 0 spiro atoms. The lowest BCUT2D eigenvalue weighted by Crippen LogP contribution is -2.48. The molecule has 0 aromatic rings. The predicted molar refractivity (Wildman–Crippen MR) is 105 cm³/mol. The normalized spacial score (nSPS) is 33.1. The Hall–Kier alpha value is -1.19. The molecule has 0 aromatic carbocycles. The van der Waals surface area contributed by atoms with Crippen LogP contribution in [0.15, 0.2) is 36.5 Å². The number of nitrogens with one attached hydrogen (secondary N) is 1. The summed E-state index contributed by atoms with van der Waals surface area (Å²) in [4.78, 5) is 0. The third-order valence-corrected chi connectivity index (χ3v) is 5.95. The molecule has 1 aliphatic rings. The average Bonchev–Trinajstić information content (AvgIpc) is 2.88. The third-order valence-electron chi connectivity index (χ3n) is 5.95. The Labute approximate surface area is 149 Å². The van der Waals surface area contributed by atoms with Gasteiger partial charge in [0.1, 0.15) is 19.2 Å². The molecule has 1 N–H and O–H groups in total. The van der Waals surface area contributed by atoms with E-state index in [1.807, 2.05) is 11.6 Å². The van der Waals surface area contributed by atoms with Crippen molar-refractivity contribution >= 4 is 6.72 Å². The van der Waals surface area contributed by atoms with E-state index in [4.69, 9.17) is 4.74 Å². The van der Waals surface area contributed by atoms with Crippen molar-refractivity contribution in [2.24, 2.45) is 10.8 Å². The van der Waals surface area contributed by atoms with Gasteiger partial charge in [-0.25, -0.2) is 4.58 Å². The first-order valence-corrected chi connectivity index (χ1v) is 8.66. The highest BCUT2D eigenvalue weighted by Gasteiger charge is 2.91. The van der Waals surface area contributed by atoms with Crippen LogP contribution >= 0.6 is 0 Å². The molecular weight excluding hydrogens is 296 g/mol. The minimum Gasteiger partial charge on any atom is -0.356 e. The number of ether oxygens (including phenoxy) is 1. The van der Waals surface area contributed by atoms with Gasteiger partial charge in [0.2, 0.25) is 11.3 Å². The predicted octanol–water partition coefficient (Wildman–Crippen LogP) is 4.16. The molecule has 3 atom stereocenters. The monoisotopic (exact) mass is 333 g/mol. The fraction of sp³-hybridized carbons (Fsp3) is 0.667. The van der Waals surface area contributed by atoms with E-state index in [9.17, 15) is 0 Å². The summed E-state index contributed by atoms with van der Waals surface area (Å²) in [5.74, 6) is 0. The average molecular weight is 334 g/mol. The van der Waals surface area contributed by atoms with E-state index in [-0.39, 0.29) is 22.4 Å². The Morgan fingerprint density at radius 1 is 1.17 bits per heavy atom. The van der Waals surface area contributed by atoms with Crippen molar-refractivity contribution in [3.63, 3.8) is 0 Å². The number of hydrogen-bond acceptors (Lipinski definition) is 2. The van der Waals surface area contributed by atoms with Gasteiger partial charge < -0.3 is 4.74 Å². The van der Waals surface area contributed by atoms with E-state index >= 15 is 0 Å². The van der Waals surface area contributed by atoms with Gasteiger partial charge in [0.05, 0.1) is 0 Å². The van der Waals surface area contributed by atoms with Crippen LogP contribution in [0.1, 0.15) is 48.5 Å². The summed E-state index contributed by atoms with van der Waals surface area (Å²) < 4.78 is 8.03. The maximum Gasteiger partial charge on any atom is 0.215 e. The van der Waals surface area contributed by atoms with Gasteiger partial charge in [-0.05, 0) is 37.3 Å². The van der Waals surface area contributed by atoms with Crippen molar-refractivity contribution < 1.29 is 9.31 Å². The number of rotatable bonds is 7. The summed E-state index contributed by atoms with van der Waals surface area (Å²) in [6.07, 6.45) is 4.16. The minimum atomic E-state index is -0.533. The summed E-state index contributed by atoms with van der Waals surface area (Å²) in [6.45, 7) is 27.8. The Morgan fingerprint density at radius 2 is 1.67 bits per heavy atom. The summed E-state index contributed by atoms with van der Waals surface area (Å²) in [7, 11) is 3.75. The summed E-state index contributed by atoms with van der Waals surface area (Å²) in [6, 6.07) is 0.285. The van der Waals surface area contributed by atoms with Crippen LogP contribution in [0.2, 0.25) is 0 Å². The molecule has 0 aliphatic heterocycles. The van der Waals surface area contributed by atoms with Crippen molar-refractivity contribution in [1.82, 2.24) is 5.32 Å². The van der Waals surface area contributed by atoms with Crippen LogP contribution in [0.25, 0.3) is 0 Å². The summed E-state index contributed by atoms with van der Waals surface area (Å²) in [5, 5.41) is 3.62. The molecule has 0 aromatic heterocycles. The zero-order chi connectivity index (χ0) is 19.1. The van der Waals surface area contributed by atoms with Gasteiger partial charge in [0.15, 0.2) is 0 Å². The summed E-state index contributed by atoms with van der Waals surface area (Å²) >= 11 is 0. The lowest BCUT2D eigenvalue weighted by atomic mass is 9.86. The number of methoxy groups -OCH3 is 1. The molecule has 24 heavy (non-hydrogen) atoms. The molecule has 136 valence electrons. The lowest BCUT2D eigenvalue weighted by molar-refractivity contribution is -0.557. The van der Waals surface area contributed by atoms with E-state index in [0.717, 1.165) is 11.1 Å². The number of likely N-dealkylation sites (N-methyl/N-ethyl adjacent to an activating group) is 1. The first-order valence-electron chi connectivity index (χ1n) is 8.66. The van der Waals surface area contributed by atoms with Crippen LogP contribution in [-0.4, -0.2) is 42.8 Å². The molecular formula is C21H37N2O+. The second kappa shape index (κ2) is 6.27. The number of nitrogens with zero attached hydrogens (tertiary/aromatic N) is 1. The molecule has 0 bridgehead atoms. The Morgan fingerprint density at radius 3 is 2.00 bits per heavy atom. The van der Waals surface area contributed by atoms with E-state index in [1.54, 1.807) is 7.11 Å². The molecule has 0 saturated heterocycles. The van der Waals surface area contributed by atoms with E-state index in [1.165, 1.54) is 0 Å². The Kier molecular flexibility index (Phi) is 5.45. The highest BCUT2D eigenvalue weighted by molar-refractivity contribution is 5.48. The van der Waals surface area contributed by atoms with E-state index in [0.29, 0.717) is 0 Å². The van der Waals surface area contributed by atoms with Gasteiger partial charge in [-0.2, -0.15) is 0 Å². The van der Waals surface area contributed by atoms with Gasteiger partial charge in [-0.15, -0.1) is 0 Å². The molecule has 0 heterocycles. The number of hydrogen-bond donors (Lipinski definition) is 1. The molecule has 3 unspecified atom stereocenters. The zero-order valence-corrected chi connectivity index (χ0v) is 17.2. The van der Waals surface area contributed by atoms with Crippen molar-refractivity contribution in [1.29, 1.82) is 0 Å². The van der Waals surface area contributed by atoms with Crippen molar-refractivity contribution in [2.45, 2.75) is 65.8 Å². The third kappa shape index (κ3) is 2.72. The van der Waals surface area contributed by atoms with Crippen molar-refractivity contribution in [3.8, 4) is 0 Å². The van der Waals surface area contributed by atoms with Gasteiger partial charge in [-0.3, -0.25) is 5.32 Å². The fourth-order valence-corrected chi connectivity index (χ4v) is 3.81. The molecule has 0 amide bonds. The standard InChI is InChI=1S/C21H37N2O/c1-15(2)22-21(24-12)19(8,20(21,9)23(10)11)17(4)14-13-16(3)18(5,6)7/h13-15,22H,3-4,10H2,1-2,5-9,11-12H3/q+1/b14-13-. The molecule has 1 saturated carbocycles. The minimum absolute atomic E-state index is 0.0438. The second-order valence-corrected chi connectivity index (χ2v) is 8.71. The SMILES string of the molecule is C=C(/C=C\C(=C)C1(C)C(NC(C)C)(OC)C1(C)[N+](=C)C)C(C)(C)C. The molecule has 1 aliphatic carbocycles. The van der Waals surface area contributed by atoms with Crippen LogP contribution in [-0.2, 0) is 4.74 Å². The van der Waals surface area contributed by atoms with Crippen LogP contribution in [0.5, 0.6) is 0 Å². The van der Waals surface area contributed by atoms with Gasteiger partial charge >= 0.3 is 0 Å². The molecule has 3 heteroatoms. The van der Waals surface area contributed by atoms with Gasteiger partial charge in [0, 0.05) is 20.1 Å². The summed E-state index contributed by atoms with van der Waals surface area (Å²) in [5.41, 5.74) is 1.00. The highest BCUT2D eigenvalue weighted by Crippen LogP contribution is 2.70. The topological polar surface area (TPSA) is 24.3 Å². The maximum atomic E-state index is 6.04. The zero-order valence-electron chi connectivity index (χ0n) is 17.2. The van der Waals surface area contributed by atoms with Crippen molar-refractivity contribution in [3.05, 3.63) is 36.5 Å². The second-order valence-electron chi connectivity index (χ2n) is 8.71. The fourth-order valence-electron chi connectivity index (χ4n) is 3.81. The molecule has 1 fully saturated rings. The van der Waals surface area contributed by atoms with Crippen molar-refractivity contribution in [2.75, 3.05) is 14.2 Å². The van der Waals surface area contributed by atoms with E-state index in [2.05, 4.69) is 85.8 Å². The highest BCUT2D eigenvalue weighted by atomic mass is 16.5. The number of allylic oxidation sites excluding steroid dienone is 3. The maximum absolute atomic E-state index is 6.04. The molecule has 1 rings (SSSR count). The van der Waals surface area contributed by atoms with Gasteiger partial charge in [0.25, 0.3) is 0 Å². The lowest BCUT2D eigenvalue weighted by Gasteiger charge is -2.24. The Bertz CT molecular complexity index is 581. The smallest absolute Gasteiger partial charge is 0.215 e. The Balaban J connectivity index is 3.28. The quantitative estimate of drug-likeness (QED) is 0.327.